The van der Waals surface area contributed by atoms with Gasteiger partial charge in [0.05, 0.1) is 6.54 Å². The molecule has 2 aromatic carbocycles. The van der Waals surface area contributed by atoms with Crippen molar-refractivity contribution in [3.63, 3.8) is 0 Å². The van der Waals surface area contributed by atoms with E-state index in [-0.39, 0.29) is 11.8 Å². The molecule has 27 heavy (non-hydrogen) atoms. The summed E-state index contributed by atoms with van der Waals surface area (Å²) in [5, 5.41) is 10.3. The van der Waals surface area contributed by atoms with E-state index in [0.717, 1.165) is 41.7 Å². The molecule has 0 aliphatic carbocycles. The summed E-state index contributed by atoms with van der Waals surface area (Å²) in [7, 11) is 0. The van der Waals surface area contributed by atoms with E-state index in [4.69, 9.17) is 16.6 Å². The van der Waals surface area contributed by atoms with E-state index in [2.05, 4.69) is 28.1 Å². The van der Waals surface area contributed by atoms with Crippen molar-refractivity contribution in [3.05, 3.63) is 64.7 Å². The summed E-state index contributed by atoms with van der Waals surface area (Å²) in [6.45, 7) is 4.15. The second-order valence-electron chi connectivity index (χ2n) is 6.56. The Morgan fingerprint density at radius 1 is 1.22 bits per heavy atom. The second kappa shape index (κ2) is 9.42. The summed E-state index contributed by atoms with van der Waals surface area (Å²) in [6.07, 6.45) is 1.32. The van der Waals surface area contributed by atoms with Crippen molar-refractivity contribution in [2.75, 3.05) is 25.0 Å². The van der Waals surface area contributed by atoms with Crippen molar-refractivity contribution in [3.8, 4) is 0 Å². The lowest BCUT2D eigenvalue weighted by atomic mass is 9.91. The molecule has 1 aliphatic rings. The number of rotatable bonds is 6. The van der Waals surface area contributed by atoms with Crippen LogP contribution in [0.15, 0.2) is 53.5 Å². The Balaban J connectivity index is 1.61. The third kappa shape index (κ3) is 5.47. The van der Waals surface area contributed by atoms with Crippen LogP contribution in [0.3, 0.4) is 0 Å². The van der Waals surface area contributed by atoms with Crippen LogP contribution in [-0.4, -0.2) is 31.5 Å². The third-order valence-corrected chi connectivity index (χ3v) is 4.75. The van der Waals surface area contributed by atoms with Gasteiger partial charge in [0.1, 0.15) is 0 Å². The van der Waals surface area contributed by atoms with Crippen molar-refractivity contribution in [2.45, 2.75) is 25.7 Å². The molecule has 0 fully saturated rings. The highest BCUT2D eigenvalue weighted by molar-refractivity contribution is 6.30. The minimum absolute atomic E-state index is 0.0489. The third-order valence-electron chi connectivity index (χ3n) is 4.52. The summed E-state index contributed by atoms with van der Waals surface area (Å²) in [6, 6.07) is 15.8. The summed E-state index contributed by atoms with van der Waals surface area (Å²) >= 11 is 6.04. The van der Waals surface area contributed by atoms with E-state index >= 15 is 0 Å². The van der Waals surface area contributed by atoms with Crippen LogP contribution in [0.5, 0.6) is 0 Å². The molecule has 3 N–H and O–H groups in total. The number of carbonyl (C=O) groups is 1. The molecular weight excluding hydrogens is 360 g/mol. The van der Waals surface area contributed by atoms with E-state index in [9.17, 15) is 4.79 Å². The van der Waals surface area contributed by atoms with Crippen LogP contribution < -0.4 is 16.0 Å². The molecule has 2 aromatic rings. The first kappa shape index (κ1) is 19.2. The number of hydrogen-bond donors (Lipinski definition) is 3. The number of nitrogens with one attached hydrogen (secondary N) is 3. The molecule has 0 spiro atoms. The van der Waals surface area contributed by atoms with Gasteiger partial charge in [0.15, 0.2) is 5.96 Å². The maximum absolute atomic E-state index is 12.0. The molecule has 5 nitrogen and oxygen atoms in total. The molecular formula is C21H25ClN4O. The average molecular weight is 385 g/mol. The molecule has 0 aromatic heterocycles. The number of anilines is 1. The first-order valence-corrected chi connectivity index (χ1v) is 9.69. The molecule has 1 amide bonds. The van der Waals surface area contributed by atoms with Crippen LogP contribution >= 0.6 is 11.6 Å². The first-order valence-electron chi connectivity index (χ1n) is 9.31. The van der Waals surface area contributed by atoms with Crippen LogP contribution in [0.1, 0.15) is 30.4 Å². The highest BCUT2D eigenvalue weighted by Crippen LogP contribution is 2.31. The Hall–Kier alpha value is -2.53. The Kier molecular flexibility index (Phi) is 6.71. The first-order chi connectivity index (χ1) is 13.2. The fourth-order valence-electron chi connectivity index (χ4n) is 3.23. The fourth-order valence-corrected chi connectivity index (χ4v) is 3.44. The number of para-hydroxylation sites is 1. The molecule has 3 rings (SSSR count). The molecule has 1 unspecified atom stereocenters. The van der Waals surface area contributed by atoms with Gasteiger partial charge in [0.2, 0.25) is 5.91 Å². The maximum Gasteiger partial charge on any atom is 0.225 e. The van der Waals surface area contributed by atoms with Gasteiger partial charge in [0, 0.05) is 36.1 Å². The van der Waals surface area contributed by atoms with Gasteiger partial charge in [-0.05, 0) is 42.7 Å². The average Bonchev–Trinajstić information content (AvgIpc) is 2.66. The zero-order chi connectivity index (χ0) is 19.1. The van der Waals surface area contributed by atoms with Crippen molar-refractivity contribution in [1.29, 1.82) is 0 Å². The van der Waals surface area contributed by atoms with Crippen LogP contribution in [-0.2, 0) is 11.2 Å². The number of amides is 1. The molecule has 1 heterocycles. The number of carbonyl (C=O) groups excluding carboxylic acids is 1. The molecule has 1 aliphatic heterocycles. The molecule has 1 atom stereocenters. The van der Waals surface area contributed by atoms with E-state index in [0.29, 0.717) is 13.0 Å². The van der Waals surface area contributed by atoms with E-state index < -0.39 is 0 Å². The molecule has 0 saturated carbocycles. The zero-order valence-corrected chi connectivity index (χ0v) is 16.2. The van der Waals surface area contributed by atoms with Crippen molar-refractivity contribution < 1.29 is 4.79 Å². The molecule has 0 bridgehead atoms. The number of hydrogen-bond acceptors (Lipinski definition) is 2. The molecule has 0 radical (unpaired) electrons. The van der Waals surface area contributed by atoms with Gasteiger partial charge in [-0.2, -0.15) is 0 Å². The quantitative estimate of drug-likeness (QED) is 0.527. The Morgan fingerprint density at radius 2 is 2.07 bits per heavy atom. The summed E-state index contributed by atoms with van der Waals surface area (Å²) < 4.78 is 0. The van der Waals surface area contributed by atoms with Crippen LogP contribution in [0, 0.1) is 0 Å². The van der Waals surface area contributed by atoms with Gasteiger partial charge in [0.25, 0.3) is 0 Å². The van der Waals surface area contributed by atoms with Crippen molar-refractivity contribution >= 4 is 29.2 Å². The summed E-state index contributed by atoms with van der Waals surface area (Å²) in [5.41, 5.74) is 3.23. The van der Waals surface area contributed by atoms with Gasteiger partial charge in [-0.15, -0.1) is 0 Å². The standard InChI is InChI=1S/C21H25ClN4O/c1-2-23-21(24-11-10-15-6-5-7-17(22)12-15)25-14-16-13-20(27)26-19-9-4-3-8-18(16)19/h3-9,12,16H,2,10-11,13-14H2,1H3,(H,26,27)(H2,23,24,25). The van der Waals surface area contributed by atoms with Gasteiger partial charge in [-0.3, -0.25) is 9.79 Å². The van der Waals surface area contributed by atoms with Gasteiger partial charge < -0.3 is 16.0 Å². The van der Waals surface area contributed by atoms with Crippen molar-refractivity contribution in [2.24, 2.45) is 4.99 Å². The lowest BCUT2D eigenvalue weighted by molar-refractivity contribution is -0.116. The van der Waals surface area contributed by atoms with Gasteiger partial charge >= 0.3 is 0 Å². The van der Waals surface area contributed by atoms with Gasteiger partial charge in [-0.25, -0.2) is 0 Å². The maximum atomic E-state index is 12.0. The molecule has 142 valence electrons. The fraction of sp³-hybridized carbons (Fsp3) is 0.333. The van der Waals surface area contributed by atoms with Gasteiger partial charge in [-0.1, -0.05) is 41.9 Å². The topological polar surface area (TPSA) is 65.5 Å². The predicted molar refractivity (Wildman–Crippen MR) is 112 cm³/mol. The Morgan fingerprint density at radius 3 is 2.89 bits per heavy atom. The Bertz CT molecular complexity index is 821. The van der Waals surface area contributed by atoms with Crippen molar-refractivity contribution in [1.82, 2.24) is 10.6 Å². The number of benzene rings is 2. The van der Waals surface area contributed by atoms with E-state index in [1.165, 1.54) is 5.56 Å². The number of fused-ring (bicyclic) bond motifs is 1. The lowest BCUT2D eigenvalue weighted by Crippen LogP contribution is -2.38. The largest absolute Gasteiger partial charge is 0.357 e. The monoisotopic (exact) mass is 384 g/mol. The lowest BCUT2D eigenvalue weighted by Gasteiger charge is -2.24. The molecule has 0 saturated heterocycles. The van der Waals surface area contributed by atoms with E-state index in [1.54, 1.807) is 0 Å². The smallest absolute Gasteiger partial charge is 0.225 e. The summed E-state index contributed by atoms with van der Waals surface area (Å²) in [4.78, 5) is 16.7. The van der Waals surface area contributed by atoms with E-state index in [1.807, 2.05) is 43.3 Å². The number of guanidine groups is 1. The van der Waals surface area contributed by atoms with Crippen LogP contribution in [0.25, 0.3) is 0 Å². The number of nitrogens with zero attached hydrogens (tertiary/aromatic N) is 1. The number of halogens is 1. The Labute approximate surface area is 165 Å². The summed E-state index contributed by atoms with van der Waals surface area (Å²) in [5.74, 6) is 0.911. The minimum Gasteiger partial charge on any atom is -0.357 e. The zero-order valence-electron chi connectivity index (χ0n) is 15.5. The molecule has 6 heteroatoms. The second-order valence-corrected chi connectivity index (χ2v) is 7.00. The minimum atomic E-state index is 0.0489. The predicted octanol–water partition coefficient (Wildman–Crippen LogP) is 3.56. The highest BCUT2D eigenvalue weighted by Gasteiger charge is 2.24. The van der Waals surface area contributed by atoms with Crippen LogP contribution in [0.4, 0.5) is 5.69 Å². The number of aliphatic imine (C=N–C) groups is 1. The van der Waals surface area contributed by atoms with Crippen LogP contribution in [0.2, 0.25) is 5.02 Å². The normalized spacial score (nSPS) is 16.4. The highest BCUT2D eigenvalue weighted by atomic mass is 35.5. The SMILES string of the molecule is CCNC(=NCC1CC(=O)Nc2ccccc21)NCCc1cccc(Cl)c1.